The first-order valence-corrected chi connectivity index (χ1v) is 22.1. The maximum absolute atomic E-state index is 13.3. The first-order valence-electron chi connectivity index (χ1n) is 16.4. The number of allylic oxidation sites excluding steroid dienone is 2. The second kappa shape index (κ2) is 12.9. The monoisotopic (exact) mass is 788 g/mol. The Balaban J connectivity index is 0.00000208. The third kappa shape index (κ3) is 5.71. The Morgan fingerprint density at radius 2 is 0.898 bits per heavy atom. The van der Waals surface area contributed by atoms with Gasteiger partial charge in [-0.1, -0.05) is 0 Å². The van der Waals surface area contributed by atoms with Gasteiger partial charge in [-0.25, -0.2) is 0 Å². The van der Waals surface area contributed by atoms with Crippen molar-refractivity contribution in [3.63, 3.8) is 0 Å². The van der Waals surface area contributed by atoms with Crippen molar-refractivity contribution in [2.45, 2.75) is 66.4 Å². The number of benzene rings is 4. The Hall–Kier alpha value is -2.60. The quantitative estimate of drug-likeness (QED) is 0.196. The topological polar surface area (TPSA) is 0 Å². The Morgan fingerprint density at radius 3 is 1.24 bits per heavy atom. The van der Waals surface area contributed by atoms with E-state index in [1.54, 1.807) is 24.3 Å². The zero-order chi connectivity index (χ0) is 32.9. The summed E-state index contributed by atoms with van der Waals surface area (Å²) in [5.74, 6) is 0. The molecular weight excluding hydrogens is 757 g/mol. The molecule has 0 N–H and O–H groups in total. The van der Waals surface area contributed by atoms with E-state index in [1.165, 1.54) is 72.2 Å². The van der Waals surface area contributed by atoms with Crippen molar-refractivity contribution in [3.8, 4) is 22.3 Å². The van der Waals surface area contributed by atoms with E-state index in [-0.39, 0.29) is 24.8 Å². The van der Waals surface area contributed by atoms with Crippen LogP contribution in [0.4, 0.5) is 26.3 Å². The summed E-state index contributed by atoms with van der Waals surface area (Å²) in [5, 5.41) is 0. The number of alkyl halides is 6. The first kappa shape index (κ1) is 36.2. The summed E-state index contributed by atoms with van der Waals surface area (Å²) < 4.78 is 82.3. The third-order valence-corrected chi connectivity index (χ3v) is 29.0. The van der Waals surface area contributed by atoms with Gasteiger partial charge in [0.05, 0.1) is 0 Å². The summed E-state index contributed by atoms with van der Waals surface area (Å²) in [6.45, 7) is 4.52. The van der Waals surface area contributed by atoms with Crippen molar-refractivity contribution in [2.75, 3.05) is 0 Å². The molecule has 4 aromatic carbocycles. The number of rotatable bonds is 4. The summed E-state index contributed by atoms with van der Waals surface area (Å²) in [5.41, 5.74) is 9.98. The molecule has 4 unspecified atom stereocenters. The van der Waals surface area contributed by atoms with Gasteiger partial charge in [-0.2, -0.15) is 0 Å². The molecule has 254 valence electrons. The zero-order valence-corrected chi connectivity index (χ0v) is 30.9. The van der Waals surface area contributed by atoms with Crippen molar-refractivity contribution in [3.05, 3.63) is 129 Å². The van der Waals surface area contributed by atoms with E-state index in [1.807, 2.05) is 12.1 Å². The van der Waals surface area contributed by atoms with Gasteiger partial charge >= 0.3 is 277 Å². The van der Waals surface area contributed by atoms with Crippen LogP contribution in [0, 0.1) is 0 Å². The summed E-state index contributed by atoms with van der Waals surface area (Å²) >= 11 is -3.24. The van der Waals surface area contributed by atoms with Crippen LogP contribution in [0.1, 0.15) is 80.2 Å². The second-order valence-electron chi connectivity index (χ2n) is 13.9. The normalized spacial score (nSPS) is 23.9. The van der Waals surface area contributed by atoms with E-state index in [9.17, 15) is 26.3 Å². The number of fused-ring (bicyclic) bond motifs is 3. The van der Waals surface area contributed by atoms with Gasteiger partial charge in [-0.05, 0) is 0 Å². The van der Waals surface area contributed by atoms with Gasteiger partial charge in [0.25, 0.3) is 0 Å². The minimum Gasteiger partial charge on any atom is -1.00 e. The zero-order valence-electron chi connectivity index (χ0n) is 26.9. The first-order chi connectivity index (χ1) is 22.4. The SMILES string of the molecule is CC1=Cc2c(-c3ccc(C(F)(F)F)cc3)cccc2[CH]1[Zr+2]1([CH]2C(C)=Cc3c(-c4ccc(C(F)(F)F)cc4)cccc32)[CH]2CCCC[CH]21.[Cl-].[Cl-]. The molecule has 4 atom stereocenters. The molecule has 1 aliphatic heterocycles. The van der Waals surface area contributed by atoms with Crippen molar-refractivity contribution in [1.29, 1.82) is 0 Å². The van der Waals surface area contributed by atoms with Gasteiger partial charge in [0.1, 0.15) is 0 Å². The second-order valence-corrected chi connectivity index (χ2v) is 25.3. The molecule has 49 heavy (non-hydrogen) atoms. The minimum absolute atomic E-state index is 0. The molecular formula is C40H34Cl2F6Zr. The van der Waals surface area contributed by atoms with Gasteiger partial charge < -0.3 is 24.8 Å². The molecule has 0 amide bonds. The van der Waals surface area contributed by atoms with Gasteiger partial charge in [0.2, 0.25) is 0 Å². The van der Waals surface area contributed by atoms with Crippen LogP contribution in [-0.2, 0) is 32.6 Å². The molecule has 0 bridgehead atoms. The van der Waals surface area contributed by atoms with Gasteiger partial charge in [0.15, 0.2) is 0 Å². The minimum atomic E-state index is -4.38. The van der Waals surface area contributed by atoms with Gasteiger partial charge in [-0.3, -0.25) is 0 Å². The summed E-state index contributed by atoms with van der Waals surface area (Å²) in [4.78, 5) is 0. The maximum Gasteiger partial charge on any atom is -1.00 e. The smallest absolute Gasteiger partial charge is 1.00 e. The maximum atomic E-state index is 13.3. The molecule has 8 rings (SSSR count). The molecule has 4 aromatic rings. The molecule has 0 spiro atoms. The Bertz CT molecular complexity index is 1810. The van der Waals surface area contributed by atoms with Crippen molar-refractivity contribution < 1.29 is 71.4 Å². The van der Waals surface area contributed by atoms with Crippen LogP contribution < -0.4 is 24.8 Å². The Morgan fingerprint density at radius 1 is 0.531 bits per heavy atom. The van der Waals surface area contributed by atoms with E-state index in [0.717, 1.165) is 40.6 Å². The third-order valence-electron chi connectivity index (χ3n) is 11.5. The fraction of sp³-hybridized carbons (Fsp3) is 0.300. The molecule has 4 aliphatic rings. The van der Waals surface area contributed by atoms with E-state index in [4.69, 9.17) is 0 Å². The summed E-state index contributed by atoms with van der Waals surface area (Å²) in [7, 11) is 0. The van der Waals surface area contributed by atoms with Crippen molar-refractivity contribution in [2.24, 2.45) is 0 Å². The van der Waals surface area contributed by atoms with E-state index < -0.39 is 43.7 Å². The molecule has 9 heteroatoms. The molecule has 0 nitrogen and oxygen atoms in total. The molecule has 3 aliphatic carbocycles. The van der Waals surface area contributed by atoms with Crippen LogP contribution in [0.15, 0.2) is 96.1 Å². The molecule has 0 radical (unpaired) electrons. The standard InChI is InChI=1S/2C17H12F3.C6H10.2ClH.Zr/c2*1-11-9-13-3-2-4-15(16(13)10-11)12-5-7-14(8-6-12)17(18,19)20;1-2-4-6-5-3-1;;;/h2*2-10H,1H3;1-2H,3-6H2;2*1H;/q;;;;;+2/p-2. The van der Waals surface area contributed by atoms with Gasteiger partial charge in [-0.15, -0.1) is 0 Å². The number of hydrogen-bond donors (Lipinski definition) is 0. The Kier molecular flexibility index (Phi) is 9.51. The predicted molar refractivity (Wildman–Crippen MR) is 173 cm³/mol. The van der Waals surface area contributed by atoms with Crippen LogP contribution in [-0.4, -0.2) is 0 Å². The largest absolute Gasteiger partial charge is 1.00 e. The molecule has 1 saturated heterocycles. The van der Waals surface area contributed by atoms with Crippen LogP contribution >= 0.6 is 0 Å². The number of hydrogen-bond acceptors (Lipinski definition) is 0. The van der Waals surface area contributed by atoms with Crippen LogP contribution in [0.2, 0.25) is 7.25 Å². The average Bonchev–Trinajstić information content (AvgIpc) is 3.35. The predicted octanol–water partition coefficient (Wildman–Crippen LogP) is 7.00. The molecule has 0 aromatic heterocycles. The fourth-order valence-electron chi connectivity index (χ4n) is 9.85. The van der Waals surface area contributed by atoms with Crippen molar-refractivity contribution >= 4 is 12.2 Å². The van der Waals surface area contributed by atoms with E-state index in [2.05, 4.69) is 50.3 Å². The van der Waals surface area contributed by atoms with Crippen LogP contribution in [0.3, 0.4) is 0 Å². The van der Waals surface area contributed by atoms with Crippen LogP contribution in [0.25, 0.3) is 34.4 Å². The van der Waals surface area contributed by atoms with Crippen LogP contribution in [0.5, 0.6) is 0 Å². The summed E-state index contributed by atoms with van der Waals surface area (Å²) in [6.07, 6.45) is 0.886. The fourth-order valence-corrected chi connectivity index (χ4v) is 33.0. The Labute approximate surface area is 299 Å². The van der Waals surface area contributed by atoms with E-state index in [0.29, 0.717) is 7.25 Å². The average molecular weight is 791 g/mol. The van der Waals surface area contributed by atoms with Gasteiger partial charge in [0, 0.05) is 0 Å². The molecule has 1 heterocycles. The van der Waals surface area contributed by atoms with E-state index >= 15 is 0 Å². The molecule has 1 saturated carbocycles. The number of halogens is 8. The summed E-state index contributed by atoms with van der Waals surface area (Å²) in [6, 6.07) is 23.8. The molecule has 2 fully saturated rings. The van der Waals surface area contributed by atoms with Crippen molar-refractivity contribution in [1.82, 2.24) is 0 Å².